The van der Waals surface area contributed by atoms with Crippen molar-refractivity contribution >= 4 is 11.9 Å². The highest BCUT2D eigenvalue weighted by molar-refractivity contribution is 5.97. The molecule has 4 nitrogen and oxygen atoms in total. The summed E-state index contributed by atoms with van der Waals surface area (Å²) in [6, 6.07) is 0. The minimum Gasteiger partial charge on any atom is -0.480 e. The predicted molar refractivity (Wildman–Crippen MR) is 68.6 cm³/mol. The monoisotopic (exact) mass is 266 g/mol. The van der Waals surface area contributed by atoms with E-state index >= 15 is 0 Å². The molecule has 4 heteroatoms. The van der Waals surface area contributed by atoms with Crippen LogP contribution in [0.15, 0.2) is 0 Å². The van der Waals surface area contributed by atoms with Gasteiger partial charge in [0.2, 0.25) is 0 Å². The van der Waals surface area contributed by atoms with Gasteiger partial charge in [0, 0.05) is 0 Å². The zero-order valence-corrected chi connectivity index (χ0v) is 11.4. The maximum absolute atomic E-state index is 11.4. The quantitative estimate of drug-likeness (QED) is 0.767. The fourth-order valence-electron chi connectivity index (χ4n) is 5.50. The van der Waals surface area contributed by atoms with Crippen LogP contribution in [0.3, 0.4) is 0 Å². The van der Waals surface area contributed by atoms with Crippen LogP contribution in [0.2, 0.25) is 0 Å². The lowest BCUT2D eigenvalue weighted by atomic mass is 9.47. The molecular formula is C15H22O4. The lowest BCUT2D eigenvalue weighted by Crippen LogP contribution is -2.50. The van der Waals surface area contributed by atoms with Crippen LogP contribution < -0.4 is 0 Å². The molecule has 0 aromatic heterocycles. The van der Waals surface area contributed by atoms with Gasteiger partial charge in [0.25, 0.3) is 0 Å². The Morgan fingerprint density at radius 1 is 1.00 bits per heavy atom. The second-order valence-corrected chi connectivity index (χ2v) is 7.54. The van der Waals surface area contributed by atoms with E-state index in [1.807, 2.05) is 0 Å². The van der Waals surface area contributed by atoms with E-state index in [9.17, 15) is 19.8 Å². The van der Waals surface area contributed by atoms with Crippen molar-refractivity contribution in [2.45, 2.75) is 51.9 Å². The van der Waals surface area contributed by atoms with Crippen molar-refractivity contribution in [2.75, 3.05) is 0 Å². The Balaban J connectivity index is 1.86. The Labute approximate surface area is 113 Å². The molecule has 0 aromatic carbocycles. The fourth-order valence-corrected chi connectivity index (χ4v) is 5.50. The number of rotatable bonds is 4. The molecule has 4 aliphatic rings. The van der Waals surface area contributed by atoms with Crippen molar-refractivity contribution in [1.29, 1.82) is 0 Å². The third-order valence-corrected chi connectivity index (χ3v) is 5.84. The van der Waals surface area contributed by atoms with E-state index in [0.717, 1.165) is 37.0 Å². The maximum Gasteiger partial charge on any atom is 0.320 e. The van der Waals surface area contributed by atoms with Gasteiger partial charge in [-0.15, -0.1) is 0 Å². The van der Waals surface area contributed by atoms with Crippen molar-refractivity contribution in [3.63, 3.8) is 0 Å². The van der Waals surface area contributed by atoms with Gasteiger partial charge in [-0.1, -0.05) is 0 Å². The van der Waals surface area contributed by atoms with E-state index < -0.39 is 17.4 Å². The van der Waals surface area contributed by atoms with E-state index in [2.05, 4.69) is 0 Å². The molecule has 0 atom stereocenters. The summed E-state index contributed by atoms with van der Waals surface area (Å²) in [4.78, 5) is 22.8. The van der Waals surface area contributed by atoms with Crippen molar-refractivity contribution in [3.05, 3.63) is 0 Å². The van der Waals surface area contributed by atoms with Crippen LogP contribution in [0.25, 0.3) is 0 Å². The Kier molecular flexibility index (Phi) is 2.70. The average molecular weight is 266 g/mol. The van der Waals surface area contributed by atoms with Gasteiger partial charge in [-0.05, 0) is 75.0 Å². The lowest BCUT2D eigenvalue weighted by Gasteiger charge is -2.58. The Hall–Kier alpha value is -1.06. The predicted octanol–water partition coefficient (Wildman–Crippen LogP) is 2.77. The minimum absolute atomic E-state index is 0.0136. The smallest absolute Gasteiger partial charge is 0.320 e. The molecule has 0 heterocycles. The Morgan fingerprint density at radius 2 is 1.37 bits per heavy atom. The molecule has 0 spiro atoms. The van der Waals surface area contributed by atoms with Gasteiger partial charge in [-0.25, -0.2) is 0 Å². The number of carboxylic acid groups (broad SMARTS) is 2. The molecule has 4 fully saturated rings. The van der Waals surface area contributed by atoms with Crippen molar-refractivity contribution < 1.29 is 19.8 Å². The zero-order chi connectivity index (χ0) is 13.8. The lowest BCUT2D eigenvalue weighted by molar-refractivity contribution is -0.170. The minimum atomic E-state index is -1.62. The summed E-state index contributed by atoms with van der Waals surface area (Å²) in [5, 5.41) is 18.6. The molecule has 0 unspecified atom stereocenters. The standard InChI is InChI=1S/C15H22O4/c1-14(12(16)17,13(18)19)8-15-5-9-2-10(6-15)4-11(3-9)7-15/h9-11H,2-8H2,1H3,(H,16,17)(H,18,19). The first-order chi connectivity index (χ1) is 8.83. The summed E-state index contributed by atoms with van der Waals surface area (Å²) in [6.07, 6.45) is 7.33. The largest absolute Gasteiger partial charge is 0.480 e. The molecule has 19 heavy (non-hydrogen) atoms. The fraction of sp³-hybridized carbons (Fsp3) is 0.867. The molecule has 4 saturated carbocycles. The summed E-state index contributed by atoms with van der Waals surface area (Å²) in [6.45, 7) is 1.39. The van der Waals surface area contributed by atoms with Gasteiger partial charge in [-0.3, -0.25) is 9.59 Å². The Morgan fingerprint density at radius 3 is 1.68 bits per heavy atom. The van der Waals surface area contributed by atoms with Crippen molar-refractivity contribution in [2.24, 2.45) is 28.6 Å². The number of hydrogen-bond donors (Lipinski definition) is 2. The van der Waals surface area contributed by atoms with Crippen LogP contribution in [-0.4, -0.2) is 22.2 Å². The molecule has 0 saturated heterocycles. The van der Waals surface area contributed by atoms with Crippen LogP contribution in [0.5, 0.6) is 0 Å². The highest BCUT2D eigenvalue weighted by Gasteiger charge is 2.56. The average Bonchev–Trinajstić information content (AvgIpc) is 2.25. The molecule has 0 aliphatic heterocycles. The number of carboxylic acids is 2. The SMILES string of the molecule is CC(CC12CC3CC(CC(C3)C1)C2)(C(=O)O)C(=O)O. The first-order valence-corrected chi connectivity index (χ1v) is 7.30. The van der Waals surface area contributed by atoms with Gasteiger partial charge >= 0.3 is 11.9 Å². The molecule has 2 N–H and O–H groups in total. The van der Waals surface area contributed by atoms with Gasteiger partial charge in [0.05, 0.1) is 0 Å². The molecule has 0 radical (unpaired) electrons. The van der Waals surface area contributed by atoms with Gasteiger partial charge in [-0.2, -0.15) is 0 Å². The number of aliphatic carboxylic acids is 2. The molecular weight excluding hydrogens is 244 g/mol. The van der Waals surface area contributed by atoms with Crippen molar-refractivity contribution in [3.8, 4) is 0 Å². The highest BCUT2D eigenvalue weighted by Crippen LogP contribution is 2.63. The van der Waals surface area contributed by atoms with Crippen LogP contribution in [-0.2, 0) is 9.59 Å². The van der Waals surface area contributed by atoms with E-state index in [0.29, 0.717) is 6.42 Å². The summed E-state index contributed by atoms with van der Waals surface area (Å²) in [5.74, 6) is -0.208. The number of hydrogen-bond acceptors (Lipinski definition) is 2. The van der Waals surface area contributed by atoms with Crippen LogP contribution in [0, 0.1) is 28.6 Å². The summed E-state index contributed by atoms with van der Waals surface area (Å²) >= 11 is 0. The first-order valence-electron chi connectivity index (χ1n) is 7.30. The molecule has 4 rings (SSSR count). The summed E-state index contributed by atoms with van der Waals surface area (Å²) < 4.78 is 0. The first kappa shape index (κ1) is 12.9. The van der Waals surface area contributed by atoms with E-state index in [1.165, 1.54) is 26.2 Å². The van der Waals surface area contributed by atoms with E-state index in [4.69, 9.17) is 0 Å². The highest BCUT2D eigenvalue weighted by atomic mass is 16.4. The van der Waals surface area contributed by atoms with Crippen LogP contribution in [0.4, 0.5) is 0 Å². The van der Waals surface area contributed by atoms with Crippen LogP contribution >= 0.6 is 0 Å². The molecule has 4 aliphatic carbocycles. The molecule has 0 amide bonds. The third kappa shape index (κ3) is 1.96. The Bertz CT molecular complexity index is 377. The van der Waals surface area contributed by atoms with E-state index in [1.54, 1.807) is 0 Å². The van der Waals surface area contributed by atoms with Gasteiger partial charge in [0.15, 0.2) is 5.41 Å². The molecule has 0 aromatic rings. The second-order valence-electron chi connectivity index (χ2n) is 7.54. The zero-order valence-electron chi connectivity index (χ0n) is 11.4. The maximum atomic E-state index is 11.4. The summed E-state index contributed by atoms with van der Waals surface area (Å²) in [7, 11) is 0. The van der Waals surface area contributed by atoms with Crippen molar-refractivity contribution in [1.82, 2.24) is 0 Å². The van der Waals surface area contributed by atoms with Crippen LogP contribution in [0.1, 0.15) is 51.9 Å². The van der Waals surface area contributed by atoms with Gasteiger partial charge < -0.3 is 10.2 Å². The normalized spacial score (nSPS) is 40.4. The van der Waals surface area contributed by atoms with Gasteiger partial charge in [0.1, 0.15) is 0 Å². The second kappa shape index (κ2) is 3.97. The summed E-state index contributed by atoms with van der Waals surface area (Å²) in [5.41, 5.74) is -1.63. The molecule has 106 valence electrons. The van der Waals surface area contributed by atoms with E-state index in [-0.39, 0.29) is 5.41 Å². The molecule has 4 bridgehead atoms. The number of carbonyl (C=O) groups is 2. The third-order valence-electron chi connectivity index (χ3n) is 5.84. The topological polar surface area (TPSA) is 74.6 Å².